The van der Waals surface area contributed by atoms with E-state index in [1.165, 1.54) is 0 Å². The zero-order valence-electron chi connectivity index (χ0n) is 15.6. The van der Waals surface area contributed by atoms with Crippen LogP contribution in [0.25, 0.3) is 0 Å². The van der Waals surface area contributed by atoms with Gasteiger partial charge in [-0.25, -0.2) is 0 Å². The van der Waals surface area contributed by atoms with Crippen LogP contribution >= 0.6 is 0 Å². The molecule has 0 radical (unpaired) electrons. The molecule has 0 saturated carbocycles. The van der Waals surface area contributed by atoms with Gasteiger partial charge in [0.15, 0.2) is 0 Å². The smallest absolute Gasteiger partial charge is 0.303 e. The lowest BCUT2D eigenvalue weighted by Crippen LogP contribution is -2.17. The highest BCUT2D eigenvalue weighted by Gasteiger charge is 2.22. The third-order valence-corrected chi connectivity index (χ3v) is 5.70. The molecule has 0 aromatic heterocycles. The van der Waals surface area contributed by atoms with Crippen molar-refractivity contribution in [2.75, 3.05) is 11.5 Å². The molecule has 24 heavy (non-hydrogen) atoms. The van der Waals surface area contributed by atoms with Crippen LogP contribution in [0.15, 0.2) is 0 Å². The maximum atomic E-state index is 12.0. The van der Waals surface area contributed by atoms with Gasteiger partial charge in [0.25, 0.3) is 0 Å². The fourth-order valence-corrected chi connectivity index (χ4v) is 4.09. The van der Waals surface area contributed by atoms with Crippen molar-refractivity contribution < 1.29 is 24.0 Å². The maximum Gasteiger partial charge on any atom is 0.303 e. The van der Waals surface area contributed by atoms with Crippen molar-refractivity contribution in [2.45, 2.75) is 79.1 Å². The van der Waals surface area contributed by atoms with Gasteiger partial charge < -0.3 is 10.2 Å². The Morgan fingerprint density at radius 2 is 1.08 bits per heavy atom. The van der Waals surface area contributed by atoms with Gasteiger partial charge in [-0.2, -0.15) is 0 Å². The summed E-state index contributed by atoms with van der Waals surface area (Å²) in [6.45, 7) is 7.82. The Labute approximate surface area is 148 Å². The van der Waals surface area contributed by atoms with Crippen molar-refractivity contribution >= 4 is 22.7 Å². The second-order valence-electron chi connectivity index (χ2n) is 8.23. The third kappa shape index (κ3) is 13.5. The average molecular weight is 363 g/mol. The van der Waals surface area contributed by atoms with E-state index in [2.05, 4.69) is 0 Å². The molecule has 0 heterocycles. The minimum Gasteiger partial charge on any atom is -0.481 e. The monoisotopic (exact) mass is 362 g/mol. The van der Waals surface area contributed by atoms with Gasteiger partial charge in [-0.15, -0.1) is 0 Å². The molecule has 0 rings (SSSR count). The fraction of sp³-hybridized carbons (Fsp3) is 0.889. The largest absolute Gasteiger partial charge is 0.481 e. The van der Waals surface area contributed by atoms with E-state index in [9.17, 15) is 13.8 Å². The van der Waals surface area contributed by atoms with E-state index in [-0.39, 0.29) is 23.7 Å². The molecule has 0 atom stereocenters. The van der Waals surface area contributed by atoms with Crippen LogP contribution in [0.2, 0.25) is 0 Å². The van der Waals surface area contributed by atoms with Crippen LogP contribution in [0.5, 0.6) is 0 Å². The lowest BCUT2D eigenvalue weighted by atomic mass is 9.84. The predicted octanol–water partition coefficient (Wildman–Crippen LogP) is 4.08. The van der Waals surface area contributed by atoms with Crippen molar-refractivity contribution in [1.29, 1.82) is 0 Å². The molecule has 0 unspecified atom stereocenters. The Bertz CT molecular complexity index is 391. The zero-order chi connectivity index (χ0) is 18.8. The summed E-state index contributed by atoms with van der Waals surface area (Å²) in [5.41, 5.74) is -0.411. The molecule has 142 valence electrons. The zero-order valence-corrected chi connectivity index (χ0v) is 16.4. The Hall–Kier alpha value is -0.910. The first-order valence-corrected chi connectivity index (χ1v) is 10.2. The van der Waals surface area contributed by atoms with E-state index in [1.807, 2.05) is 27.7 Å². The number of carbonyl (C=O) groups is 2. The van der Waals surface area contributed by atoms with Gasteiger partial charge >= 0.3 is 11.9 Å². The molecule has 0 amide bonds. The third-order valence-electron chi connectivity index (χ3n) is 4.21. The topological polar surface area (TPSA) is 91.7 Å². The molecule has 0 fully saturated rings. The number of carboxylic acid groups (broad SMARTS) is 2. The number of unbranched alkanes of at least 4 members (excludes halogenated alkanes) is 2. The first-order chi connectivity index (χ1) is 10.9. The van der Waals surface area contributed by atoms with Crippen LogP contribution in [0.1, 0.15) is 79.1 Å². The summed E-state index contributed by atoms with van der Waals surface area (Å²) in [5, 5.41) is 17.7. The van der Waals surface area contributed by atoms with E-state index in [4.69, 9.17) is 10.2 Å². The quantitative estimate of drug-likeness (QED) is 0.454. The van der Waals surface area contributed by atoms with Gasteiger partial charge in [0.1, 0.15) is 0 Å². The van der Waals surface area contributed by atoms with Crippen LogP contribution in [0, 0.1) is 10.8 Å². The summed E-state index contributed by atoms with van der Waals surface area (Å²) >= 11 is 0. The highest BCUT2D eigenvalue weighted by Crippen LogP contribution is 2.28. The number of hydrogen-bond donors (Lipinski definition) is 2. The van der Waals surface area contributed by atoms with E-state index < -0.39 is 22.7 Å². The van der Waals surface area contributed by atoms with Crippen molar-refractivity contribution in [3.8, 4) is 0 Å². The highest BCUT2D eigenvalue weighted by molar-refractivity contribution is 7.84. The summed E-state index contributed by atoms with van der Waals surface area (Å²) in [6.07, 6.45) is 5.53. The predicted molar refractivity (Wildman–Crippen MR) is 97.6 cm³/mol. The Morgan fingerprint density at radius 1 is 0.750 bits per heavy atom. The van der Waals surface area contributed by atoms with E-state index in [0.717, 1.165) is 38.5 Å². The summed E-state index contributed by atoms with van der Waals surface area (Å²) in [4.78, 5) is 21.5. The van der Waals surface area contributed by atoms with Gasteiger partial charge in [-0.3, -0.25) is 13.8 Å². The Balaban J connectivity index is 3.78. The molecule has 0 aromatic rings. The summed E-state index contributed by atoms with van der Waals surface area (Å²) in [6, 6.07) is 0. The van der Waals surface area contributed by atoms with E-state index >= 15 is 0 Å². The van der Waals surface area contributed by atoms with Crippen molar-refractivity contribution in [3.05, 3.63) is 0 Å². The molecule has 0 bridgehead atoms. The number of hydrogen-bond acceptors (Lipinski definition) is 3. The van der Waals surface area contributed by atoms with Crippen molar-refractivity contribution in [1.82, 2.24) is 0 Å². The highest BCUT2D eigenvalue weighted by atomic mass is 32.2. The SMILES string of the molecule is CC(C)(CCCCS(=O)CCCCC(C)(C)CC(=O)O)CC(=O)O. The molecule has 5 nitrogen and oxygen atoms in total. The molecular weight excluding hydrogens is 328 g/mol. The molecule has 0 aromatic carbocycles. The molecular formula is C18H34O5S. The molecule has 0 spiro atoms. The normalized spacial score (nSPS) is 12.5. The minimum atomic E-state index is -0.831. The number of aliphatic carboxylic acids is 2. The van der Waals surface area contributed by atoms with Crippen LogP contribution < -0.4 is 0 Å². The second-order valence-corrected chi connectivity index (χ2v) is 9.93. The molecule has 0 aliphatic rings. The Kier molecular flexibility index (Phi) is 10.4. The summed E-state index contributed by atoms with van der Waals surface area (Å²) in [7, 11) is -0.831. The van der Waals surface area contributed by atoms with E-state index in [0.29, 0.717) is 11.5 Å². The molecule has 6 heteroatoms. The van der Waals surface area contributed by atoms with Gasteiger partial charge in [0, 0.05) is 22.3 Å². The van der Waals surface area contributed by atoms with Crippen LogP contribution in [0.4, 0.5) is 0 Å². The first-order valence-electron chi connectivity index (χ1n) is 8.72. The molecule has 0 saturated heterocycles. The van der Waals surface area contributed by atoms with Gasteiger partial charge in [-0.1, -0.05) is 40.5 Å². The maximum absolute atomic E-state index is 12.0. The van der Waals surface area contributed by atoms with Gasteiger partial charge in [0.2, 0.25) is 0 Å². The van der Waals surface area contributed by atoms with Crippen molar-refractivity contribution in [2.24, 2.45) is 10.8 Å². The van der Waals surface area contributed by atoms with Crippen LogP contribution in [0.3, 0.4) is 0 Å². The van der Waals surface area contributed by atoms with Crippen LogP contribution in [-0.2, 0) is 20.4 Å². The number of carboxylic acids is 2. The summed E-state index contributed by atoms with van der Waals surface area (Å²) in [5.74, 6) is -0.202. The standard InChI is InChI=1S/C18H34O5S/c1-17(2,13-15(19)20)9-5-7-11-24(23)12-8-6-10-18(3,4)14-16(21)22/h5-14H2,1-4H3,(H,19,20)(H,21,22). The molecule has 2 N–H and O–H groups in total. The van der Waals surface area contributed by atoms with Crippen LogP contribution in [-0.4, -0.2) is 37.9 Å². The first kappa shape index (κ1) is 23.1. The lowest BCUT2D eigenvalue weighted by molar-refractivity contribution is -0.140. The lowest BCUT2D eigenvalue weighted by Gasteiger charge is -2.22. The number of rotatable bonds is 14. The summed E-state index contributed by atoms with van der Waals surface area (Å²) < 4.78 is 12.0. The average Bonchev–Trinajstić information content (AvgIpc) is 2.37. The van der Waals surface area contributed by atoms with Gasteiger partial charge in [-0.05, 0) is 36.5 Å². The molecule has 0 aliphatic heterocycles. The fourth-order valence-electron chi connectivity index (χ4n) is 2.83. The molecule has 0 aliphatic carbocycles. The van der Waals surface area contributed by atoms with E-state index in [1.54, 1.807) is 0 Å². The minimum absolute atomic E-state index is 0.169. The Morgan fingerprint density at radius 3 is 1.38 bits per heavy atom. The second kappa shape index (κ2) is 10.9. The van der Waals surface area contributed by atoms with Crippen molar-refractivity contribution in [3.63, 3.8) is 0 Å². The van der Waals surface area contributed by atoms with Gasteiger partial charge in [0.05, 0.1) is 12.8 Å².